The van der Waals surface area contributed by atoms with E-state index in [1.165, 1.54) is 4.68 Å². The van der Waals surface area contributed by atoms with Crippen LogP contribution in [0.25, 0.3) is 0 Å². The fraction of sp³-hybridized carbons (Fsp3) is 0.750. The maximum atomic E-state index is 11.9. The molecular weight excluding hydrogens is 232 g/mol. The van der Waals surface area contributed by atoms with Crippen molar-refractivity contribution in [2.45, 2.75) is 38.5 Å². The van der Waals surface area contributed by atoms with E-state index < -0.39 is 0 Å². The first-order valence-electron chi connectivity index (χ1n) is 6.54. The van der Waals surface area contributed by atoms with Gasteiger partial charge in [0.15, 0.2) is 0 Å². The van der Waals surface area contributed by atoms with E-state index in [0.717, 1.165) is 19.4 Å². The summed E-state index contributed by atoms with van der Waals surface area (Å²) in [6, 6.07) is 0.276. The quantitative estimate of drug-likeness (QED) is 0.829. The van der Waals surface area contributed by atoms with Gasteiger partial charge in [0.1, 0.15) is 6.54 Å². The number of nitrogens with one attached hydrogen (secondary N) is 1. The van der Waals surface area contributed by atoms with Gasteiger partial charge < -0.3 is 10.1 Å². The van der Waals surface area contributed by atoms with Crippen molar-refractivity contribution in [3.8, 4) is 0 Å². The predicted octanol–water partition coefficient (Wildman–Crippen LogP) is 0.208. The lowest BCUT2D eigenvalue weighted by Gasteiger charge is -2.47. The third-order valence-corrected chi connectivity index (χ3v) is 4.10. The minimum Gasteiger partial charge on any atom is -0.377 e. The lowest BCUT2D eigenvalue weighted by molar-refractivity contribution is -0.128. The van der Waals surface area contributed by atoms with Gasteiger partial charge in [-0.3, -0.25) is 4.79 Å². The number of fused-ring (bicyclic) bond motifs is 1. The fourth-order valence-electron chi connectivity index (χ4n) is 3.23. The Bertz CT molecular complexity index is 420. The van der Waals surface area contributed by atoms with Crippen LogP contribution in [0.2, 0.25) is 0 Å². The molecular formula is C12H18N4O2. The van der Waals surface area contributed by atoms with Crippen molar-refractivity contribution in [3.05, 3.63) is 12.4 Å². The molecule has 6 heteroatoms. The fourth-order valence-corrected chi connectivity index (χ4v) is 3.23. The third kappa shape index (κ3) is 1.90. The van der Waals surface area contributed by atoms with Crippen molar-refractivity contribution >= 4 is 5.91 Å². The summed E-state index contributed by atoms with van der Waals surface area (Å²) in [5.74, 6) is 0.987. The third-order valence-electron chi connectivity index (χ3n) is 4.10. The molecule has 2 fully saturated rings. The van der Waals surface area contributed by atoms with Gasteiger partial charge in [-0.15, -0.1) is 5.10 Å². The number of ether oxygens (including phenoxy) is 1. The second-order valence-electron chi connectivity index (χ2n) is 5.05. The smallest absolute Gasteiger partial charge is 0.242 e. The molecule has 1 saturated heterocycles. The largest absolute Gasteiger partial charge is 0.377 e. The summed E-state index contributed by atoms with van der Waals surface area (Å²) in [5, 5.41) is 10.6. The highest BCUT2D eigenvalue weighted by Gasteiger charge is 2.53. The van der Waals surface area contributed by atoms with Crippen molar-refractivity contribution in [3.63, 3.8) is 0 Å². The Kier molecular flexibility index (Phi) is 3.03. The van der Waals surface area contributed by atoms with E-state index in [2.05, 4.69) is 22.6 Å². The molecule has 2 aliphatic rings. The summed E-state index contributed by atoms with van der Waals surface area (Å²) < 4.78 is 7.23. The topological polar surface area (TPSA) is 69.0 Å². The Morgan fingerprint density at radius 2 is 2.50 bits per heavy atom. The molecule has 98 valence electrons. The predicted molar refractivity (Wildman–Crippen MR) is 63.6 cm³/mol. The molecule has 18 heavy (non-hydrogen) atoms. The average Bonchev–Trinajstić information content (AvgIpc) is 2.97. The Morgan fingerprint density at radius 3 is 3.22 bits per heavy atom. The van der Waals surface area contributed by atoms with Gasteiger partial charge in [0, 0.05) is 30.7 Å². The molecule has 0 aromatic carbocycles. The average molecular weight is 250 g/mol. The van der Waals surface area contributed by atoms with Gasteiger partial charge in [0.05, 0.1) is 12.3 Å². The SMILES string of the molecule is CC[C@@H]1[C@H](NC(=O)Cn2ccnn2)[C@@H]2CCO[C@H]12. The van der Waals surface area contributed by atoms with Crippen molar-refractivity contribution in [2.75, 3.05) is 6.61 Å². The van der Waals surface area contributed by atoms with E-state index >= 15 is 0 Å². The number of amides is 1. The first-order chi connectivity index (χ1) is 8.79. The first kappa shape index (κ1) is 11.6. The summed E-state index contributed by atoms with van der Waals surface area (Å²) in [7, 11) is 0. The summed E-state index contributed by atoms with van der Waals surface area (Å²) in [6.07, 6.45) is 5.75. The second kappa shape index (κ2) is 4.68. The van der Waals surface area contributed by atoms with Gasteiger partial charge in [-0.05, 0) is 12.8 Å². The van der Waals surface area contributed by atoms with Crippen LogP contribution in [0.3, 0.4) is 0 Å². The molecule has 6 nitrogen and oxygen atoms in total. The first-order valence-corrected chi connectivity index (χ1v) is 6.54. The van der Waals surface area contributed by atoms with Crippen LogP contribution in [0, 0.1) is 11.8 Å². The van der Waals surface area contributed by atoms with E-state index in [4.69, 9.17) is 4.74 Å². The van der Waals surface area contributed by atoms with Gasteiger partial charge in [0.2, 0.25) is 5.91 Å². The van der Waals surface area contributed by atoms with Gasteiger partial charge in [0.25, 0.3) is 0 Å². The lowest BCUT2D eigenvalue weighted by Crippen LogP contribution is -2.61. The van der Waals surface area contributed by atoms with Crippen molar-refractivity contribution in [2.24, 2.45) is 11.8 Å². The zero-order valence-corrected chi connectivity index (χ0v) is 10.5. The van der Waals surface area contributed by atoms with Gasteiger partial charge in [-0.1, -0.05) is 12.1 Å². The molecule has 1 saturated carbocycles. The normalized spacial score (nSPS) is 33.8. The zero-order chi connectivity index (χ0) is 12.5. The van der Waals surface area contributed by atoms with Gasteiger partial charge in [-0.25, -0.2) is 4.68 Å². The Balaban J connectivity index is 1.57. The summed E-state index contributed by atoms with van der Waals surface area (Å²) in [6.45, 7) is 3.23. The van der Waals surface area contributed by atoms with Crippen LogP contribution in [-0.4, -0.2) is 39.7 Å². The molecule has 4 atom stereocenters. The molecule has 1 aromatic heterocycles. The Hall–Kier alpha value is -1.43. The van der Waals surface area contributed by atoms with E-state index in [1.807, 2.05) is 0 Å². The highest BCUT2D eigenvalue weighted by atomic mass is 16.5. The maximum Gasteiger partial charge on any atom is 0.242 e. The van der Waals surface area contributed by atoms with Crippen LogP contribution in [0.15, 0.2) is 12.4 Å². The summed E-state index contributed by atoms with van der Waals surface area (Å²) in [4.78, 5) is 11.9. The molecule has 1 aliphatic heterocycles. The lowest BCUT2D eigenvalue weighted by atomic mass is 9.66. The second-order valence-corrected chi connectivity index (χ2v) is 5.05. The minimum atomic E-state index is 0.00861. The molecule has 0 bridgehead atoms. The Morgan fingerprint density at radius 1 is 1.61 bits per heavy atom. The monoisotopic (exact) mass is 250 g/mol. The van der Waals surface area contributed by atoms with E-state index in [0.29, 0.717) is 17.9 Å². The van der Waals surface area contributed by atoms with Crippen LogP contribution in [0.1, 0.15) is 19.8 Å². The van der Waals surface area contributed by atoms with E-state index in [1.54, 1.807) is 12.4 Å². The van der Waals surface area contributed by atoms with Gasteiger partial charge in [-0.2, -0.15) is 0 Å². The molecule has 0 radical (unpaired) electrons. The van der Waals surface area contributed by atoms with E-state index in [-0.39, 0.29) is 18.5 Å². The number of nitrogens with zero attached hydrogens (tertiary/aromatic N) is 3. The molecule has 1 N–H and O–H groups in total. The van der Waals surface area contributed by atoms with E-state index in [9.17, 15) is 4.79 Å². The van der Waals surface area contributed by atoms with Crippen LogP contribution in [0.5, 0.6) is 0 Å². The van der Waals surface area contributed by atoms with Crippen molar-refractivity contribution in [1.82, 2.24) is 20.3 Å². The molecule has 1 aliphatic carbocycles. The molecule has 0 spiro atoms. The van der Waals surface area contributed by atoms with Crippen LogP contribution < -0.4 is 5.32 Å². The highest BCUT2D eigenvalue weighted by Crippen LogP contribution is 2.45. The maximum absolute atomic E-state index is 11.9. The van der Waals surface area contributed by atoms with Gasteiger partial charge >= 0.3 is 0 Å². The zero-order valence-electron chi connectivity index (χ0n) is 10.5. The summed E-state index contributed by atoms with van der Waals surface area (Å²) in [5.41, 5.74) is 0. The van der Waals surface area contributed by atoms with Crippen molar-refractivity contribution in [1.29, 1.82) is 0 Å². The summed E-state index contributed by atoms with van der Waals surface area (Å²) >= 11 is 0. The minimum absolute atomic E-state index is 0.00861. The molecule has 1 amide bonds. The number of rotatable bonds is 4. The number of hydrogen-bond donors (Lipinski definition) is 1. The van der Waals surface area contributed by atoms with Crippen LogP contribution in [-0.2, 0) is 16.1 Å². The molecule has 0 unspecified atom stereocenters. The Labute approximate surface area is 106 Å². The van der Waals surface area contributed by atoms with Crippen LogP contribution in [0.4, 0.5) is 0 Å². The van der Waals surface area contributed by atoms with Crippen molar-refractivity contribution < 1.29 is 9.53 Å². The number of aromatic nitrogens is 3. The highest BCUT2D eigenvalue weighted by molar-refractivity contribution is 5.76. The number of hydrogen-bond acceptors (Lipinski definition) is 4. The molecule has 1 aromatic rings. The standard InChI is InChI=1S/C12H18N4O2/c1-2-8-11(9-3-6-18-12(8)9)14-10(17)7-16-5-4-13-15-16/h4-5,8-9,11-12H,2-3,6-7H2,1H3,(H,14,17)/t8-,9+,11+,12-/m1/s1. The number of carbonyl (C=O) groups excluding carboxylic acids is 1. The number of carbonyl (C=O) groups is 1. The molecule has 3 rings (SSSR count). The van der Waals surface area contributed by atoms with Crippen LogP contribution >= 0.6 is 0 Å². The molecule has 2 heterocycles.